The first kappa shape index (κ1) is 37.9. The number of hydrogen-bond acceptors (Lipinski definition) is 7. The molecule has 1 aromatic rings. The summed E-state index contributed by atoms with van der Waals surface area (Å²) in [6.07, 6.45) is 10.5. The van der Waals surface area contributed by atoms with Crippen LogP contribution in [0.1, 0.15) is 31.1 Å². The van der Waals surface area contributed by atoms with Gasteiger partial charge in [-0.3, -0.25) is 19.0 Å². The molecule has 11 nitrogen and oxygen atoms in total. The monoisotopic (exact) mass is 626 g/mol. The number of nitrogens with zero attached hydrogens (tertiary/aromatic N) is 3. The van der Waals surface area contributed by atoms with Crippen LogP contribution in [0.4, 0.5) is 8.78 Å². The predicted octanol–water partition coefficient (Wildman–Crippen LogP) is 3.96. The van der Waals surface area contributed by atoms with E-state index in [9.17, 15) is 28.0 Å². The van der Waals surface area contributed by atoms with Crippen molar-refractivity contribution in [3.63, 3.8) is 0 Å². The van der Waals surface area contributed by atoms with E-state index in [1.807, 2.05) is 0 Å². The van der Waals surface area contributed by atoms with Gasteiger partial charge in [0.25, 0.3) is 11.5 Å². The highest BCUT2D eigenvalue weighted by molar-refractivity contribution is 5.95. The van der Waals surface area contributed by atoms with Crippen molar-refractivity contribution in [1.29, 1.82) is 5.41 Å². The molecule has 0 spiro atoms. The number of carbonyl (C=O) groups excluding carboxylic acids is 2. The topological polar surface area (TPSA) is 139 Å². The molecule has 0 aliphatic carbocycles. The second-order valence-corrected chi connectivity index (χ2v) is 9.58. The zero-order valence-corrected chi connectivity index (χ0v) is 26.2. The highest BCUT2D eigenvalue weighted by Crippen LogP contribution is 2.15. The molecule has 0 fully saturated rings. The Hall–Kier alpha value is -5.17. The maximum Gasteiger partial charge on any atom is 0.335 e. The highest BCUT2D eigenvalue weighted by Gasteiger charge is 2.20. The van der Waals surface area contributed by atoms with E-state index in [0.717, 1.165) is 40.0 Å². The van der Waals surface area contributed by atoms with E-state index in [1.165, 1.54) is 43.1 Å². The molecular formula is C32H40F2N6O5. The number of amides is 2. The van der Waals surface area contributed by atoms with Crippen molar-refractivity contribution in [2.24, 2.45) is 5.92 Å². The van der Waals surface area contributed by atoms with Gasteiger partial charge in [-0.2, -0.15) is 0 Å². The van der Waals surface area contributed by atoms with Crippen molar-refractivity contribution >= 4 is 23.7 Å². The lowest BCUT2D eigenvalue weighted by Crippen LogP contribution is -2.43. The molecule has 0 aliphatic rings. The molecule has 2 amide bonds. The third kappa shape index (κ3) is 11.4. The Balaban J connectivity index is 3.20. The van der Waals surface area contributed by atoms with E-state index in [0.29, 0.717) is 12.1 Å². The molecule has 0 saturated heterocycles. The van der Waals surface area contributed by atoms with E-state index in [4.69, 9.17) is 10.1 Å². The number of allylic oxidation sites excluding steroid dienone is 8. The molecule has 0 radical (unpaired) electrons. The van der Waals surface area contributed by atoms with Crippen LogP contribution in [-0.2, 0) is 16.1 Å². The van der Waals surface area contributed by atoms with Crippen LogP contribution in [0.2, 0.25) is 0 Å². The van der Waals surface area contributed by atoms with Gasteiger partial charge in [0.2, 0.25) is 5.91 Å². The number of hydrogen-bond donors (Lipinski definition) is 3. The van der Waals surface area contributed by atoms with Crippen LogP contribution in [0.5, 0.6) is 0 Å². The van der Waals surface area contributed by atoms with Gasteiger partial charge in [0.05, 0.1) is 12.2 Å². The number of aromatic nitrogens is 2. The summed E-state index contributed by atoms with van der Waals surface area (Å²) in [5.74, 6) is -4.05. The van der Waals surface area contributed by atoms with Crippen LogP contribution in [0.15, 0.2) is 107 Å². The predicted molar refractivity (Wildman–Crippen MR) is 173 cm³/mol. The van der Waals surface area contributed by atoms with Gasteiger partial charge < -0.3 is 25.7 Å². The number of carbonyl (C=O) groups is 2. The Morgan fingerprint density at radius 3 is 2.33 bits per heavy atom. The van der Waals surface area contributed by atoms with Gasteiger partial charge in [-0.1, -0.05) is 31.9 Å². The van der Waals surface area contributed by atoms with Crippen molar-refractivity contribution < 1.29 is 23.1 Å². The second-order valence-electron chi connectivity index (χ2n) is 9.58. The molecule has 1 heterocycles. The van der Waals surface area contributed by atoms with Gasteiger partial charge in [0.1, 0.15) is 11.4 Å². The lowest BCUT2D eigenvalue weighted by atomic mass is 10.1. The minimum atomic E-state index is -0.972. The summed E-state index contributed by atoms with van der Waals surface area (Å²) in [4.78, 5) is 53.2. The quantitative estimate of drug-likeness (QED) is 0.136. The molecule has 45 heavy (non-hydrogen) atoms. The average Bonchev–Trinajstić information content (AvgIpc) is 3.00. The first-order valence-electron chi connectivity index (χ1n) is 13.7. The fraction of sp³-hybridized carbons (Fsp3) is 0.281. The molecular weight excluding hydrogens is 586 g/mol. The van der Waals surface area contributed by atoms with Gasteiger partial charge in [0, 0.05) is 63.6 Å². The van der Waals surface area contributed by atoms with Gasteiger partial charge >= 0.3 is 5.69 Å². The van der Waals surface area contributed by atoms with Gasteiger partial charge in [-0.25, -0.2) is 18.1 Å². The summed E-state index contributed by atoms with van der Waals surface area (Å²) in [6, 6.07) is 0. The number of ether oxygens (including phenoxy) is 1. The molecule has 0 saturated carbocycles. The maximum atomic E-state index is 15.0. The minimum Gasteiger partial charge on any atom is -0.463 e. The molecule has 0 aliphatic heterocycles. The van der Waals surface area contributed by atoms with Gasteiger partial charge in [-0.05, 0) is 44.6 Å². The standard InChI is InChI=1S/C32H40F2N6O5/c1-9-25(16-28(34)23(6)45-15-14-24(30(42)38(7)8)19-36-18-21(4)17-35)37-29(41)27-20-39(11-3)32(44)40(31(27)43)26(10-2)13-12-22(5)33/h9-10,12-17,20,24,35-36H,4-6,11,18-19H2,1-3,7-8H3,(H,37,41)/b13-12-,15-14+,25-9+,26-10+,28-16+,35-17?/t24-/m0/s1. The summed E-state index contributed by atoms with van der Waals surface area (Å²) in [6.45, 7) is 15.6. The summed E-state index contributed by atoms with van der Waals surface area (Å²) in [5, 5.41) is 12.6. The van der Waals surface area contributed by atoms with Crippen molar-refractivity contribution in [3.05, 3.63) is 124 Å². The summed E-state index contributed by atoms with van der Waals surface area (Å²) < 4.78 is 35.3. The van der Waals surface area contributed by atoms with Crippen molar-refractivity contribution in [2.75, 3.05) is 27.2 Å². The lowest BCUT2D eigenvalue weighted by molar-refractivity contribution is -0.131. The van der Waals surface area contributed by atoms with E-state index >= 15 is 0 Å². The normalized spacial score (nSPS) is 13.1. The molecule has 1 aromatic heterocycles. The zero-order valence-electron chi connectivity index (χ0n) is 26.2. The molecule has 1 rings (SSSR count). The first-order valence-corrected chi connectivity index (χ1v) is 13.7. The van der Waals surface area contributed by atoms with Crippen LogP contribution in [0, 0.1) is 11.3 Å². The number of rotatable bonds is 17. The van der Waals surface area contributed by atoms with Crippen LogP contribution in [0.3, 0.4) is 0 Å². The zero-order chi connectivity index (χ0) is 34.3. The van der Waals surface area contributed by atoms with Crippen LogP contribution in [0.25, 0.3) is 5.70 Å². The Labute approximate surface area is 261 Å². The largest absolute Gasteiger partial charge is 0.463 e. The van der Waals surface area contributed by atoms with E-state index in [1.54, 1.807) is 21.0 Å². The van der Waals surface area contributed by atoms with Gasteiger partial charge in [0.15, 0.2) is 11.6 Å². The van der Waals surface area contributed by atoms with E-state index in [-0.39, 0.29) is 30.4 Å². The van der Waals surface area contributed by atoms with E-state index in [2.05, 4.69) is 30.4 Å². The Bertz CT molecular complexity index is 1590. The van der Waals surface area contributed by atoms with Crippen molar-refractivity contribution in [3.8, 4) is 0 Å². The Morgan fingerprint density at radius 2 is 1.80 bits per heavy atom. The smallest absolute Gasteiger partial charge is 0.335 e. The average molecular weight is 627 g/mol. The molecule has 0 unspecified atom stereocenters. The summed E-state index contributed by atoms with van der Waals surface area (Å²) in [5.41, 5.74) is -1.66. The fourth-order valence-electron chi connectivity index (χ4n) is 3.58. The number of nitrogens with one attached hydrogen (secondary N) is 3. The van der Waals surface area contributed by atoms with Crippen molar-refractivity contribution in [2.45, 2.75) is 27.3 Å². The molecule has 3 N–H and O–H groups in total. The number of aryl methyl sites for hydroxylation is 1. The number of halogens is 2. The van der Waals surface area contributed by atoms with Crippen molar-refractivity contribution in [1.82, 2.24) is 24.7 Å². The van der Waals surface area contributed by atoms with Gasteiger partial charge in [-0.15, -0.1) is 0 Å². The molecule has 1 atom stereocenters. The molecule has 0 bridgehead atoms. The third-order valence-electron chi connectivity index (χ3n) is 6.05. The Morgan fingerprint density at radius 1 is 1.13 bits per heavy atom. The van der Waals surface area contributed by atoms with Crippen LogP contribution < -0.4 is 21.9 Å². The van der Waals surface area contributed by atoms with E-state index < -0.39 is 46.1 Å². The summed E-state index contributed by atoms with van der Waals surface area (Å²) in [7, 11) is 3.17. The SMILES string of the molecule is C=C(F)/C=C\C(=C/C)n1c(=O)c(C(=O)NC(=C/C)/C=C(/F)C(=C)O/C=C/[C@@H](CNCC(=C)C=N)C(=O)N(C)C)cn(CC)c1=O. The Kier molecular flexibility index (Phi) is 15.5. The molecule has 0 aromatic carbocycles. The fourth-order valence-corrected chi connectivity index (χ4v) is 3.58. The second kappa shape index (κ2) is 18.5. The van der Waals surface area contributed by atoms with Crippen LogP contribution in [-0.4, -0.2) is 59.2 Å². The highest BCUT2D eigenvalue weighted by atomic mass is 19.1. The first-order chi connectivity index (χ1) is 21.2. The third-order valence-corrected chi connectivity index (χ3v) is 6.05. The molecule has 13 heteroatoms. The minimum absolute atomic E-state index is 0.0153. The lowest BCUT2D eigenvalue weighted by Gasteiger charge is -2.18. The summed E-state index contributed by atoms with van der Waals surface area (Å²) >= 11 is 0. The maximum absolute atomic E-state index is 15.0. The van der Waals surface area contributed by atoms with Crippen LogP contribution >= 0.6 is 0 Å². The molecule has 242 valence electrons.